The predicted octanol–water partition coefficient (Wildman–Crippen LogP) is 1.09. The van der Waals surface area contributed by atoms with Crippen molar-refractivity contribution in [1.82, 2.24) is 10.2 Å². The highest BCUT2D eigenvalue weighted by Crippen LogP contribution is 2.08. The number of nitrogens with zero attached hydrogens (tertiary/aromatic N) is 1. The van der Waals surface area contributed by atoms with Crippen LogP contribution >= 0.6 is 0 Å². The van der Waals surface area contributed by atoms with Gasteiger partial charge < -0.3 is 5.32 Å². The Morgan fingerprint density at radius 3 is 2.54 bits per heavy atom. The van der Waals surface area contributed by atoms with Gasteiger partial charge in [0.05, 0.1) is 0 Å². The largest absolute Gasteiger partial charge is 0.314 e. The van der Waals surface area contributed by atoms with E-state index in [1.165, 1.54) is 5.56 Å². The lowest BCUT2D eigenvalue weighted by atomic mass is 10.1. The molecule has 1 N–H and O–H groups in total. The van der Waals surface area contributed by atoms with E-state index in [0.717, 1.165) is 25.7 Å². The summed E-state index contributed by atoms with van der Waals surface area (Å²) in [7, 11) is 2.19. The van der Waals surface area contributed by atoms with Gasteiger partial charge in [-0.25, -0.2) is 0 Å². The van der Waals surface area contributed by atoms with Crippen LogP contribution in [0, 0.1) is 0 Å². The van der Waals surface area contributed by atoms with E-state index >= 15 is 0 Å². The van der Waals surface area contributed by atoms with Gasteiger partial charge in [0.2, 0.25) is 0 Å². The second-order valence-electron chi connectivity index (χ2n) is 3.71. The van der Waals surface area contributed by atoms with E-state index in [2.05, 4.69) is 47.6 Å². The zero-order chi connectivity index (χ0) is 9.10. The second kappa shape index (κ2) is 3.90. The molecule has 2 heteroatoms. The van der Waals surface area contributed by atoms with Crippen LogP contribution in [0.25, 0.3) is 0 Å². The SMILES string of the molecule is CN(Cc1ccccc1)C1CNC1. The quantitative estimate of drug-likeness (QED) is 0.741. The molecule has 2 rings (SSSR count). The first-order valence-electron chi connectivity index (χ1n) is 4.81. The fourth-order valence-electron chi connectivity index (χ4n) is 1.59. The van der Waals surface area contributed by atoms with Crippen LogP contribution in [-0.4, -0.2) is 31.1 Å². The predicted molar refractivity (Wildman–Crippen MR) is 54.6 cm³/mol. The summed E-state index contributed by atoms with van der Waals surface area (Å²) in [5.41, 5.74) is 1.40. The minimum Gasteiger partial charge on any atom is -0.314 e. The summed E-state index contributed by atoms with van der Waals surface area (Å²) in [6, 6.07) is 11.4. The number of hydrogen-bond acceptors (Lipinski definition) is 2. The maximum atomic E-state index is 3.29. The standard InChI is InChI=1S/C11H16N2/c1-13(11-7-12-8-11)9-10-5-3-2-4-6-10/h2-6,11-12H,7-9H2,1H3. The zero-order valence-electron chi connectivity index (χ0n) is 8.03. The Kier molecular flexibility index (Phi) is 2.62. The van der Waals surface area contributed by atoms with Gasteiger partial charge in [-0.15, -0.1) is 0 Å². The second-order valence-corrected chi connectivity index (χ2v) is 3.71. The van der Waals surface area contributed by atoms with E-state index in [1.54, 1.807) is 0 Å². The van der Waals surface area contributed by atoms with Crippen LogP contribution in [0.15, 0.2) is 30.3 Å². The fraction of sp³-hybridized carbons (Fsp3) is 0.455. The van der Waals surface area contributed by atoms with Crippen molar-refractivity contribution in [2.75, 3.05) is 20.1 Å². The summed E-state index contributed by atoms with van der Waals surface area (Å²) in [6.45, 7) is 3.35. The summed E-state index contributed by atoms with van der Waals surface area (Å²) in [4.78, 5) is 2.41. The number of likely N-dealkylation sites (N-methyl/N-ethyl adjacent to an activating group) is 1. The summed E-state index contributed by atoms with van der Waals surface area (Å²) < 4.78 is 0. The molecule has 70 valence electrons. The van der Waals surface area contributed by atoms with Gasteiger partial charge >= 0.3 is 0 Å². The molecule has 1 aliphatic heterocycles. The van der Waals surface area contributed by atoms with Crippen LogP contribution in [0.5, 0.6) is 0 Å². The Bertz CT molecular complexity index is 254. The summed E-state index contributed by atoms with van der Waals surface area (Å²) in [5.74, 6) is 0. The van der Waals surface area contributed by atoms with Gasteiger partial charge in [0.1, 0.15) is 0 Å². The van der Waals surface area contributed by atoms with E-state index < -0.39 is 0 Å². The molecule has 0 radical (unpaired) electrons. The molecule has 13 heavy (non-hydrogen) atoms. The van der Waals surface area contributed by atoms with Crippen LogP contribution in [0.3, 0.4) is 0 Å². The number of benzene rings is 1. The lowest BCUT2D eigenvalue weighted by molar-refractivity contribution is 0.173. The monoisotopic (exact) mass is 176 g/mol. The average Bonchev–Trinajstić information content (AvgIpc) is 2.02. The molecule has 2 nitrogen and oxygen atoms in total. The van der Waals surface area contributed by atoms with E-state index in [1.807, 2.05) is 0 Å². The highest BCUT2D eigenvalue weighted by molar-refractivity contribution is 5.14. The molecule has 0 unspecified atom stereocenters. The third kappa shape index (κ3) is 2.08. The molecule has 0 aliphatic carbocycles. The highest BCUT2D eigenvalue weighted by Gasteiger charge is 2.20. The highest BCUT2D eigenvalue weighted by atomic mass is 15.2. The Hall–Kier alpha value is -0.860. The van der Waals surface area contributed by atoms with E-state index in [4.69, 9.17) is 0 Å². The van der Waals surface area contributed by atoms with Crippen molar-refractivity contribution in [3.8, 4) is 0 Å². The van der Waals surface area contributed by atoms with Gasteiger partial charge in [-0.2, -0.15) is 0 Å². The molecular weight excluding hydrogens is 160 g/mol. The van der Waals surface area contributed by atoms with Gasteiger partial charge in [0, 0.05) is 25.7 Å². The minimum absolute atomic E-state index is 0.736. The van der Waals surface area contributed by atoms with Crippen molar-refractivity contribution in [3.05, 3.63) is 35.9 Å². The van der Waals surface area contributed by atoms with Crippen molar-refractivity contribution in [1.29, 1.82) is 0 Å². The Morgan fingerprint density at radius 2 is 2.00 bits per heavy atom. The Balaban J connectivity index is 1.90. The van der Waals surface area contributed by atoms with Crippen LogP contribution < -0.4 is 5.32 Å². The molecule has 0 saturated carbocycles. The number of rotatable bonds is 3. The minimum atomic E-state index is 0.736. The van der Waals surface area contributed by atoms with E-state index in [0.29, 0.717) is 0 Å². The van der Waals surface area contributed by atoms with Crippen LogP contribution in [-0.2, 0) is 6.54 Å². The van der Waals surface area contributed by atoms with Gasteiger partial charge in [0.15, 0.2) is 0 Å². The van der Waals surface area contributed by atoms with Crippen molar-refractivity contribution in [2.45, 2.75) is 12.6 Å². The number of nitrogens with one attached hydrogen (secondary N) is 1. The van der Waals surface area contributed by atoms with Gasteiger partial charge in [0.25, 0.3) is 0 Å². The molecule has 1 aromatic carbocycles. The lowest BCUT2D eigenvalue weighted by Gasteiger charge is -2.35. The first-order valence-corrected chi connectivity index (χ1v) is 4.81. The Labute approximate surface area is 79.6 Å². The molecular formula is C11H16N2. The molecule has 0 aromatic heterocycles. The van der Waals surface area contributed by atoms with Gasteiger partial charge in [-0.1, -0.05) is 30.3 Å². The molecule has 0 amide bonds. The molecule has 1 heterocycles. The van der Waals surface area contributed by atoms with Crippen molar-refractivity contribution >= 4 is 0 Å². The molecule has 0 atom stereocenters. The van der Waals surface area contributed by atoms with Crippen LogP contribution in [0.4, 0.5) is 0 Å². The smallest absolute Gasteiger partial charge is 0.0345 e. The van der Waals surface area contributed by atoms with Crippen molar-refractivity contribution in [3.63, 3.8) is 0 Å². The Morgan fingerprint density at radius 1 is 1.31 bits per heavy atom. The van der Waals surface area contributed by atoms with Crippen LogP contribution in [0.2, 0.25) is 0 Å². The fourth-order valence-corrected chi connectivity index (χ4v) is 1.59. The third-order valence-electron chi connectivity index (χ3n) is 2.66. The van der Waals surface area contributed by atoms with E-state index in [-0.39, 0.29) is 0 Å². The summed E-state index contributed by atoms with van der Waals surface area (Å²) in [6.07, 6.45) is 0. The maximum Gasteiger partial charge on any atom is 0.0345 e. The molecule has 0 bridgehead atoms. The molecule has 1 aromatic rings. The van der Waals surface area contributed by atoms with Crippen molar-refractivity contribution in [2.24, 2.45) is 0 Å². The first kappa shape index (κ1) is 8.73. The maximum absolute atomic E-state index is 3.29. The molecule has 1 aliphatic rings. The normalized spacial score (nSPS) is 17.4. The van der Waals surface area contributed by atoms with Crippen molar-refractivity contribution < 1.29 is 0 Å². The van der Waals surface area contributed by atoms with E-state index in [9.17, 15) is 0 Å². The zero-order valence-corrected chi connectivity index (χ0v) is 8.03. The van der Waals surface area contributed by atoms with Crippen LogP contribution in [0.1, 0.15) is 5.56 Å². The molecule has 1 saturated heterocycles. The lowest BCUT2D eigenvalue weighted by Crippen LogP contribution is -2.55. The average molecular weight is 176 g/mol. The molecule has 1 fully saturated rings. The topological polar surface area (TPSA) is 15.3 Å². The molecule has 0 spiro atoms. The number of hydrogen-bond donors (Lipinski definition) is 1. The third-order valence-corrected chi connectivity index (χ3v) is 2.66. The van der Waals surface area contributed by atoms with Gasteiger partial charge in [-0.05, 0) is 12.6 Å². The summed E-state index contributed by atoms with van der Waals surface area (Å²) >= 11 is 0. The summed E-state index contributed by atoms with van der Waals surface area (Å²) in [5, 5.41) is 3.29. The first-order chi connectivity index (χ1) is 6.36. The van der Waals surface area contributed by atoms with Gasteiger partial charge in [-0.3, -0.25) is 4.90 Å².